The van der Waals surface area contributed by atoms with Gasteiger partial charge in [0.2, 0.25) is 11.8 Å². The summed E-state index contributed by atoms with van der Waals surface area (Å²) in [5.74, 6) is 0.715. The van der Waals surface area contributed by atoms with Crippen molar-refractivity contribution in [3.05, 3.63) is 77.9 Å². The lowest BCUT2D eigenvalue weighted by molar-refractivity contribution is -0.134. The van der Waals surface area contributed by atoms with E-state index in [0.29, 0.717) is 13.1 Å². The van der Waals surface area contributed by atoms with Crippen molar-refractivity contribution in [2.75, 3.05) is 20.2 Å². The van der Waals surface area contributed by atoms with Crippen LogP contribution < -0.4 is 10.1 Å². The number of carbonyl (C=O) groups is 2. The second-order valence-corrected chi connectivity index (χ2v) is 9.17. The summed E-state index contributed by atoms with van der Waals surface area (Å²) in [6, 6.07) is 22.2. The topological polar surface area (TPSA) is 58.6 Å². The van der Waals surface area contributed by atoms with Crippen molar-refractivity contribution in [3.63, 3.8) is 0 Å². The van der Waals surface area contributed by atoms with E-state index in [4.69, 9.17) is 4.74 Å². The van der Waals surface area contributed by atoms with Gasteiger partial charge in [0.05, 0.1) is 18.9 Å². The lowest BCUT2D eigenvalue weighted by Gasteiger charge is -2.35. The van der Waals surface area contributed by atoms with Crippen molar-refractivity contribution < 1.29 is 14.3 Å². The Hall–Kier alpha value is -3.34. The van der Waals surface area contributed by atoms with Gasteiger partial charge in [0.1, 0.15) is 5.75 Å². The predicted molar refractivity (Wildman–Crippen MR) is 136 cm³/mol. The Balaban J connectivity index is 1.33. The molecule has 2 amide bonds. The smallest absolute Gasteiger partial charge is 0.230 e. The third kappa shape index (κ3) is 5.24. The molecule has 2 atom stereocenters. The summed E-state index contributed by atoms with van der Waals surface area (Å²) < 4.78 is 5.30. The van der Waals surface area contributed by atoms with Gasteiger partial charge in [-0.25, -0.2) is 0 Å². The maximum absolute atomic E-state index is 13.1. The van der Waals surface area contributed by atoms with E-state index in [1.165, 1.54) is 0 Å². The third-order valence-corrected chi connectivity index (χ3v) is 7.03. The SMILES string of the molecule is CCC(C(=O)N1CCC(NC(=O)[C@@H](C)c2ccc3cc(OC)ccc3c2)CC1)c1ccccc1. The highest BCUT2D eigenvalue weighted by atomic mass is 16.5. The molecular formula is C29H34N2O3. The first-order chi connectivity index (χ1) is 16.5. The summed E-state index contributed by atoms with van der Waals surface area (Å²) >= 11 is 0. The Morgan fingerprint density at radius 1 is 0.971 bits per heavy atom. The molecule has 0 bridgehead atoms. The van der Waals surface area contributed by atoms with Crippen molar-refractivity contribution in [1.82, 2.24) is 10.2 Å². The van der Waals surface area contributed by atoms with Crippen molar-refractivity contribution >= 4 is 22.6 Å². The monoisotopic (exact) mass is 458 g/mol. The van der Waals surface area contributed by atoms with E-state index in [9.17, 15) is 9.59 Å². The number of fused-ring (bicyclic) bond motifs is 1. The highest BCUT2D eigenvalue weighted by Gasteiger charge is 2.29. The van der Waals surface area contributed by atoms with Crippen LogP contribution in [0.3, 0.4) is 0 Å². The highest BCUT2D eigenvalue weighted by molar-refractivity contribution is 5.88. The second-order valence-electron chi connectivity index (χ2n) is 9.17. The number of nitrogens with one attached hydrogen (secondary N) is 1. The molecule has 1 unspecified atom stereocenters. The van der Waals surface area contributed by atoms with E-state index in [0.717, 1.165) is 46.9 Å². The molecule has 0 aromatic heterocycles. The summed E-state index contributed by atoms with van der Waals surface area (Å²) in [7, 11) is 1.66. The third-order valence-electron chi connectivity index (χ3n) is 7.03. The Kier molecular flexibility index (Phi) is 7.51. The molecule has 1 fully saturated rings. The first-order valence-corrected chi connectivity index (χ1v) is 12.2. The van der Waals surface area contributed by atoms with Gasteiger partial charge in [-0.05, 0) is 60.2 Å². The van der Waals surface area contributed by atoms with Gasteiger partial charge >= 0.3 is 0 Å². The van der Waals surface area contributed by atoms with Crippen LogP contribution in [0.25, 0.3) is 10.8 Å². The summed E-state index contributed by atoms with van der Waals surface area (Å²) in [6.07, 6.45) is 2.36. The molecule has 1 heterocycles. The molecule has 1 aliphatic rings. The minimum atomic E-state index is -0.242. The normalized spacial score (nSPS) is 16.1. The Morgan fingerprint density at radius 2 is 1.65 bits per heavy atom. The molecule has 1 saturated heterocycles. The number of nitrogens with zero attached hydrogens (tertiary/aromatic N) is 1. The number of hydrogen-bond donors (Lipinski definition) is 1. The number of amides is 2. The van der Waals surface area contributed by atoms with Crippen molar-refractivity contribution in [1.29, 1.82) is 0 Å². The van der Waals surface area contributed by atoms with E-state index in [1.807, 2.05) is 72.5 Å². The van der Waals surface area contributed by atoms with Crippen LogP contribution in [0.1, 0.15) is 56.1 Å². The fraction of sp³-hybridized carbons (Fsp3) is 0.379. The van der Waals surface area contributed by atoms with E-state index in [2.05, 4.69) is 18.3 Å². The summed E-state index contributed by atoms with van der Waals surface area (Å²) in [5, 5.41) is 5.40. The fourth-order valence-electron chi connectivity index (χ4n) is 4.82. The summed E-state index contributed by atoms with van der Waals surface area (Å²) in [4.78, 5) is 28.1. The molecule has 0 aliphatic carbocycles. The largest absolute Gasteiger partial charge is 0.497 e. The number of likely N-dealkylation sites (tertiary alicyclic amines) is 1. The predicted octanol–water partition coefficient (Wildman–Crippen LogP) is 5.25. The van der Waals surface area contributed by atoms with Gasteiger partial charge in [0, 0.05) is 19.1 Å². The van der Waals surface area contributed by atoms with Gasteiger partial charge in [-0.1, -0.05) is 61.5 Å². The summed E-state index contributed by atoms with van der Waals surface area (Å²) in [5.41, 5.74) is 2.07. The van der Waals surface area contributed by atoms with Crippen LogP contribution in [-0.4, -0.2) is 43.0 Å². The van der Waals surface area contributed by atoms with Gasteiger partial charge in [-0.2, -0.15) is 0 Å². The maximum Gasteiger partial charge on any atom is 0.230 e. The number of hydrogen-bond acceptors (Lipinski definition) is 3. The number of ether oxygens (including phenoxy) is 1. The standard InChI is InChI=1S/C29H34N2O3/c1-4-27(21-8-6-5-7-9-21)29(33)31-16-14-25(15-17-31)30-28(32)20(2)22-10-11-24-19-26(34-3)13-12-23(24)18-22/h5-13,18-20,25,27H,4,14-17H2,1-3H3,(H,30,32)/t20-,27?/m0/s1. The van der Waals surface area contributed by atoms with Crippen LogP contribution in [0.15, 0.2) is 66.7 Å². The van der Waals surface area contributed by atoms with Crippen molar-refractivity contribution in [3.8, 4) is 5.75 Å². The van der Waals surface area contributed by atoms with Crippen LogP contribution in [0, 0.1) is 0 Å². The average molecular weight is 459 g/mol. The van der Waals surface area contributed by atoms with Crippen LogP contribution in [0.5, 0.6) is 5.75 Å². The molecule has 5 heteroatoms. The van der Waals surface area contributed by atoms with E-state index in [1.54, 1.807) is 7.11 Å². The van der Waals surface area contributed by atoms with E-state index >= 15 is 0 Å². The molecule has 0 radical (unpaired) electrons. The Morgan fingerprint density at radius 3 is 2.32 bits per heavy atom. The number of methoxy groups -OCH3 is 1. The Labute approximate surface area is 202 Å². The molecule has 0 spiro atoms. The molecular weight excluding hydrogens is 424 g/mol. The maximum atomic E-state index is 13.1. The van der Waals surface area contributed by atoms with E-state index < -0.39 is 0 Å². The molecule has 4 rings (SSSR count). The molecule has 1 N–H and O–H groups in total. The zero-order valence-electron chi connectivity index (χ0n) is 20.3. The highest BCUT2D eigenvalue weighted by Crippen LogP contribution is 2.27. The van der Waals surface area contributed by atoms with Crippen LogP contribution >= 0.6 is 0 Å². The number of piperidine rings is 1. The molecule has 178 valence electrons. The van der Waals surface area contributed by atoms with Crippen LogP contribution in [0.4, 0.5) is 0 Å². The summed E-state index contributed by atoms with van der Waals surface area (Å²) in [6.45, 7) is 5.37. The van der Waals surface area contributed by atoms with Crippen LogP contribution in [-0.2, 0) is 9.59 Å². The molecule has 34 heavy (non-hydrogen) atoms. The van der Waals surface area contributed by atoms with E-state index in [-0.39, 0.29) is 29.7 Å². The van der Waals surface area contributed by atoms with Crippen molar-refractivity contribution in [2.45, 2.75) is 51.0 Å². The minimum absolute atomic E-state index is 0.0355. The molecule has 3 aromatic rings. The number of rotatable bonds is 7. The van der Waals surface area contributed by atoms with Gasteiger partial charge in [0.15, 0.2) is 0 Å². The first-order valence-electron chi connectivity index (χ1n) is 12.2. The number of benzene rings is 3. The van der Waals surface area contributed by atoms with Gasteiger partial charge in [-0.3, -0.25) is 9.59 Å². The quantitative estimate of drug-likeness (QED) is 0.526. The zero-order chi connectivity index (χ0) is 24.1. The second kappa shape index (κ2) is 10.7. The minimum Gasteiger partial charge on any atom is -0.497 e. The van der Waals surface area contributed by atoms with Gasteiger partial charge in [0.25, 0.3) is 0 Å². The average Bonchev–Trinajstić information content (AvgIpc) is 2.89. The Bertz CT molecular complexity index is 1140. The number of carbonyl (C=O) groups excluding carboxylic acids is 2. The lowest BCUT2D eigenvalue weighted by atomic mass is 9.93. The zero-order valence-corrected chi connectivity index (χ0v) is 20.3. The molecule has 1 aliphatic heterocycles. The van der Waals surface area contributed by atoms with Gasteiger partial charge < -0.3 is 15.0 Å². The molecule has 5 nitrogen and oxygen atoms in total. The first kappa shape index (κ1) is 23.8. The molecule has 0 saturated carbocycles. The fourth-order valence-corrected chi connectivity index (χ4v) is 4.82. The van der Waals surface area contributed by atoms with Crippen molar-refractivity contribution in [2.24, 2.45) is 0 Å². The lowest BCUT2D eigenvalue weighted by Crippen LogP contribution is -2.48. The molecule has 3 aromatic carbocycles. The van der Waals surface area contributed by atoms with Gasteiger partial charge in [-0.15, -0.1) is 0 Å². The van der Waals surface area contributed by atoms with Crippen LogP contribution in [0.2, 0.25) is 0 Å².